The molecular formula is C18H25ClN6O. The largest absolute Gasteiger partial charge is 0.497 e. The van der Waals surface area contributed by atoms with E-state index in [0.717, 1.165) is 28.8 Å². The average Bonchev–Trinajstić information content (AvgIpc) is 2.96. The molecule has 0 aromatic carbocycles. The highest BCUT2D eigenvalue weighted by molar-refractivity contribution is 6.34. The van der Waals surface area contributed by atoms with Crippen molar-refractivity contribution in [3.63, 3.8) is 0 Å². The monoisotopic (exact) mass is 376 g/mol. The zero-order valence-corrected chi connectivity index (χ0v) is 16.6. The van der Waals surface area contributed by atoms with Gasteiger partial charge in [0, 0.05) is 11.8 Å². The minimum absolute atomic E-state index is 0.111. The molecule has 0 atom stereocenters. The third-order valence-corrected chi connectivity index (χ3v) is 4.24. The van der Waals surface area contributed by atoms with E-state index in [4.69, 9.17) is 27.2 Å². The number of allylic oxidation sites excluding steroid dienone is 2. The Balaban J connectivity index is 2.65. The first kappa shape index (κ1) is 19.9. The molecule has 0 saturated heterocycles. The fourth-order valence-corrected chi connectivity index (χ4v) is 2.77. The second-order valence-electron chi connectivity index (χ2n) is 6.19. The van der Waals surface area contributed by atoms with Gasteiger partial charge < -0.3 is 10.5 Å². The van der Waals surface area contributed by atoms with Crippen LogP contribution in [0.3, 0.4) is 0 Å². The summed E-state index contributed by atoms with van der Waals surface area (Å²) in [4.78, 5) is 13.0. The molecule has 0 amide bonds. The van der Waals surface area contributed by atoms with Gasteiger partial charge in [-0.05, 0) is 19.3 Å². The molecule has 140 valence electrons. The van der Waals surface area contributed by atoms with Crippen LogP contribution in [0.5, 0.6) is 0 Å². The van der Waals surface area contributed by atoms with Gasteiger partial charge in [0.2, 0.25) is 5.95 Å². The van der Waals surface area contributed by atoms with E-state index >= 15 is 0 Å². The molecule has 2 N–H and O–H groups in total. The summed E-state index contributed by atoms with van der Waals surface area (Å²) < 4.78 is 7.01. The maximum absolute atomic E-state index is 6.32. The number of aliphatic imine (C=N–C) groups is 1. The number of nitrogens with zero attached hydrogens (tertiary/aromatic N) is 5. The third-order valence-electron chi connectivity index (χ3n) is 3.97. The molecular weight excluding hydrogens is 352 g/mol. The Morgan fingerprint density at radius 2 is 2.12 bits per heavy atom. The first-order valence-corrected chi connectivity index (χ1v) is 8.82. The quantitative estimate of drug-likeness (QED) is 0.340. The van der Waals surface area contributed by atoms with E-state index in [9.17, 15) is 0 Å². The number of nitrogen functional groups attached to an aromatic ring is 1. The van der Waals surface area contributed by atoms with Crippen LogP contribution in [0.15, 0.2) is 28.6 Å². The van der Waals surface area contributed by atoms with Gasteiger partial charge in [0.05, 0.1) is 30.4 Å². The van der Waals surface area contributed by atoms with Crippen LogP contribution in [0.1, 0.15) is 45.7 Å². The van der Waals surface area contributed by atoms with E-state index in [0.29, 0.717) is 23.1 Å². The van der Waals surface area contributed by atoms with Crippen LogP contribution in [0.25, 0.3) is 11.0 Å². The lowest BCUT2D eigenvalue weighted by Crippen LogP contribution is -2.07. The average molecular weight is 377 g/mol. The van der Waals surface area contributed by atoms with Gasteiger partial charge >= 0.3 is 0 Å². The lowest BCUT2D eigenvalue weighted by Gasteiger charge is -2.11. The van der Waals surface area contributed by atoms with E-state index in [2.05, 4.69) is 21.5 Å². The number of aromatic nitrogens is 4. The molecule has 0 fully saturated rings. The molecule has 0 radical (unpaired) electrons. The topological polar surface area (TPSA) is 91.2 Å². The van der Waals surface area contributed by atoms with Crippen molar-refractivity contribution in [1.82, 2.24) is 19.7 Å². The van der Waals surface area contributed by atoms with Crippen LogP contribution in [-0.2, 0) is 11.3 Å². The van der Waals surface area contributed by atoms with E-state index < -0.39 is 0 Å². The first-order chi connectivity index (χ1) is 12.3. The molecule has 2 heterocycles. The SMILES string of the molecule is C=C(OC)/C(C)=C(/Cn1nc(C(C)C)c2c(Cl)nc(N)nc21)N=CCC. The van der Waals surface area contributed by atoms with Gasteiger partial charge in [-0.2, -0.15) is 10.1 Å². The van der Waals surface area contributed by atoms with E-state index in [-0.39, 0.29) is 11.9 Å². The fourth-order valence-electron chi connectivity index (χ4n) is 2.50. The first-order valence-electron chi connectivity index (χ1n) is 8.45. The molecule has 0 aliphatic heterocycles. The van der Waals surface area contributed by atoms with Crippen LogP contribution < -0.4 is 5.73 Å². The van der Waals surface area contributed by atoms with Gasteiger partial charge in [-0.1, -0.05) is 39.0 Å². The zero-order chi connectivity index (χ0) is 19.4. The summed E-state index contributed by atoms with van der Waals surface area (Å²) >= 11 is 6.32. The maximum Gasteiger partial charge on any atom is 0.223 e. The predicted molar refractivity (Wildman–Crippen MR) is 106 cm³/mol. The maximum atomic E-state index is 6.32. The number of ether oxygens (including phenoxy) is 1. The molecule has 7 nitrogen and oxygen atoms in total. The smallest absolute Gasteiger partial charge is 0.223 e. The molecule has 8 heteroatoms. The molecule has 2 rings (SSSR count). The summed E-state index contributed by atoms with van der Waals surface area (Å²) in [6.45, 7) is 12.3. The van der Waals surface area contributed by atoms with E-state index in [1.807, 2.05) is 33.9 Å². The van der Waals surface area contributed by atoms with Crippen molar-refractivity contribution in [3.8, 4) is 0 Å². The Hall–Kier alpha value is -2.41. The lowest BCUT2D eigenvalue weighted by molar-refractivity contribution is 0.301. The number of rotatable bonds is 7. The standard InChI is InChI=1S/C18H25ClN6O/c1-7-8-21-13(11(4)12(5)26-6)9-25-17-14(15(24-25)10(2)3)16(19)22-18(20)23-17/h8,10H,5,7,9H2,1-4,6H3,(H2,20,22,23)/b13-11-,21-8?. The van der Waals surface area contributed by atoms with Crippen LogP contribution in [-0.4, -0.2) is 33.1 Å². The van der Waals surface area contributed by atoms with Gasteiger partial charge in [0.1, 0.15) is 10.9 Å². The molecule has 0 aliphatic carbocycles. The number of hydrogen-bond donors (Lipinski definition) is 1. The molecule has 2 aromatic heterocycles. The van der Waals surface area contributed by atoms with E-state index in [1.165, 1.54) is 0 Å². The number of nitrogens with two attached hydrogens (primary N) is 1. The molecule has 0 spiro atoms. The normalized spacial score (nSPS) is 12.9. The number of hydrogen-bond acceptors (Lipinski definition) is 6. The Kier molecular flexibility index (Phi) is 6.37. The van der Waals surface area contributed by atoms with Gasteiger partial charge in [0.15, 0.2) is 5.65 Å². The summed E-state index contributed by atoms with van der Waals surface area (Å²) in [6.07, 6.45) is 2.65. The van der Waals surface area contributed by atoms with Crippen LogP contribution in [0.2, 0.25) is 5.15 Å². The summed E-state index contributed by atoms with van der Waals surface area (Å²) in [7, 11) is 1.58. The van der Waals surface area contributed by atoms with Gasteiger partial charge in [-0.15, -0.1) is 0 Å². The molecule has 0 aliphatic rings. The highest BCUT2D eigenvalue weighted by Gasteiger charge is 2.20. The van der Waals surface area contributed by atoms with Crippen molar-refractivity contribution in [1.29, 1.82) is 0 Å². The van der Waals surface area contributed by atoms with Crippen molar-refractivity contribution in [2.24, 2.45) is 4.99 Å². The highest BCUT2D eigenvalue weighted by atomic mass is 35.5. The van der Waals surface area contributed by atoms with Crippen LogP contribution in [0, 0.1) is 0 Å². The van der Waals surface area contributed by atoms with Gasteiger partial charge in [0.25, 0.3) is 0 Å². The minimum Gasteiger partial charge on any atom is -0.497 e. The molecule has 0 bridgehead atoms. The minimum atomic E-state index is 0.111. The molecule has 26 heavy (non-hydrogen) atoms. The third kappa shape index (κ3) is 4.04. The molecule has 0 saturated carbocycles. The van der Waals surface area contributed by atoms with Gasteiger partial charge in [-0.25, -0.2) is 9.67 Å². The van der Waals surface area contributed by atoms with Crippen molar-refractivity contribution < 1.29 is 4.74 Å². The molecule has 0 unspecified atom stereocenters. The van der Waals surface area contributed by atoms with Gasteiger partial charge in [-0.3, -0.25) is 4.99 Å². The zero-order valence-electron chi connectivity index (χ0n) is 15.9. The molecule has 2 aromatic rings. The number of methoxy groups -OCH3 is 1. The summed E-state index contributed by atoms with van der Waals surface area (Å²) in [5, 5.41) is 5.73. The second-order valence-corrected chi connectivity index (χ2v) is 6.55. The number of fused-ring (bicyclic) bond motifs is 1. The van der Waals surface area contributed by atoms with E-state index in [1.54, 1.807) is 11.8 Å². The van der Waals surface area contributed by atoms with Crippen molar-refractivity contribution in [3.05, 3.63) is 34.5 Å². The Labute approximate surface area is 158 Å². The number of anilines is 1. The second kappa shape index (κ2) is 8.31. The Morgan fingerprint density at radius 3 is 2.69 bits per heavy atom. The highest BCUT2D eigenvalue weighted by Crippen LogP contribution is 2.30. The van der Waals surface area contributed by atoms with Crippen molar-refractivity contribution in [2.45, 2.75) is 46.6 Å². The Morgan fingerprint density at radius 1 is 1.42 bits per heavy atom. The summed E-state index contributed by atoms with van der Waals surface area (Å²) in [6, 6.07) is 0. The lowest BCUT2D eigenvalue weighted by atomic mass is 10.1. The summed E-state index contributed by atoms with van der Waals surface area (Å²) in [5.74, 6) is 0.825. The van der Waals surface area contributed by atoms with Crippen molar-refractivity contribution >= 4 is 34.8 Å². The van der Waals surface area contributed by atoms with Crippen LogP contribution >= 0.6 is 11.6 Å². The van der Waals surface area contributed by atoms with Crippen LogP contribution in [0.4, 0.5) is 5.95 Å². The predicted octanol–water partition coefficient (Wildman–Crippen LogP) is 4.10. The fraction of sp³-hybridized carbons (Fsp3) is 0.444. The van der Waals surface area contributed by atoms with Crippen molar-refractivity contribution in [2.75, 3.05) is 12.8 Å². The Bertz CT molecular complexity index is 881. The summed E-state index contributed by atoms with van der Waals surface area (Å²) in [5.41, 5.74) is 8.84. The number of halogens is 1.